The molecule has 2 heterocycles. The van der Waals surface area contributed by atoms with E-state index in [1.165, 1.54) is 12.1 Å². The number of ether oxygens (including phenoxy) is 1. The largest absolute Gasteiger partial charge is 0.416 e. The van der Waals surface area contributed by atoms with Gasteiger partial charge < -0.3 is 4.74 Å². The van der Waals surface area contributed by atoms with Crippen LogP contribution < -0.4 is 0 Å². The van der Waals surface area contributed by atoms with E-state index in [2.05, 4.69) is 26.0 Å². The molecule has 0 N–H and O–H groups in total. The van der Waals surface area contributed by atoms with Crippen molar-refractivity contribution in [2.45, 2.75) is 18.8 Å². The van der Waals surface area contributed by atoms with Crippen molar-refractivity contribution < 1.29 is 17.9 Å². The molecule has 8 heteroatoms. The molecule has 2 aromatic rings. The summed E-state index contributed by atoms with van der Waals surface area (Å²) >= 11 is 3.13. The van der Waals surface area contributed by atoms with Crippen LogP contribution in [0.1, 0.15) is 23.1 Å². The molecule has 0 aliphatic carbocycles. The molecule has 1 aromatic carbocycles. The van der Waals surface area contributed by atoms with Crippen LogP contribution in [-0.2, 0) is 17.5 Å². The van der Waals surface area contributed by atoms with Crippen LogP contribution in [0.25, 0.3) is 0 Å². The summed E-state index contributed by atoms with van der Waals surface area (Å²) in [7, 11) is 0. The highest BCUT2D eigenvalue weighted by molar-refractivity contribution is 9.10. The first kappa shape index (κ1) is 13.6. The molecule has 0 bridgehead atoms. The molecule has 1 unspecified atom stereocenters. The van der Waals surface area contributed by atoms with Crippen molar-refractivity contribution in [3.05, 3.63) is 46.0 Å². The summed E-state index contributed by atoms with van der Waals surface area (Å²) in [6.07, 6.45) is -5.29. The van der Waals surface area contributed by atoms with E-state index >= 15 is 0 Å². The Morgan fingerprint density at radius 3 is 2.80 bits per heavy atom. The molecular weight excluding hydrogens is 339 g/mol. The van der Waals surface area contributed by atoms with Gasteiger partial charge in [-0.1, -0.05) is 18.2 Å². The highest BCUT2D eigenvalue weighted by atomic mass is 79.9. The number of fused-ring (bicyclic) bond motifs is 1. The van der Waals surface area contributed by atoms with Gasteiger partial charge in [-0.2, -0.15) is 13.2 Å². The molecule has 1 atom stereocenters. The lowest BCUT2D eigenvalue weighted by Crippen LogP contribution is -2.25. The van der Waals surface area contributed by atoms with Crippen LogP contribution in [0.3, 0.4) is 0 Å². The first-order valence-electron chi connectivity index (χ1n) is 5.85. The lowest BCUT2D eigenvalue weighted by molar-refractivity contribution is -0.139. The van der Waals surface area contributed by atoms with Gasteiger partial charge in [0.25, 0.3) is 0 Å². The van der Waals surface area contributed by atoms with E-state index in [9.17, 15) is 13.2 Å². The zero-order chi connectivity index (χ0) is 14.3. The predicted octanol–water partition coefficient (Wildman–Crippen LogP) is 3.18. The zero-order valence-electron chi connectivity index (χ0n) is 10.1. The smallest absolute Gasteiger partial charge is 0.364 e. The SMILES string of the molecule is FC(F)(F)c1ccccc1C1OCCn2nc(Br)nc21. The van der Waals surface area contributed by atoms with Gasteiger partial charge in [0.1, 0.15) is 6.10 Å². The Balaban J connectivity index is 2.11. The van der Waals surface area contributed by atoms with E-state index in [-0.39, 0.29) is 5.56 Å². The maximum absolute atomic E-state index is 13.1. The van der Waals surface area contributed by atoms with Crippen LogP contribution in [0.15, 0.2) is 29.0 Å². The quantitative estimate of drug-likeness (QED) is 0.795. The van der Waals surface area contributed by atoms with Crippen LogP contribution in [0, 0.1) is 0 Å². The van der Waals surface area contributed by atoms with Crippen LogP contribution in [0.5, 0.6) is 0 Å². The summed E-state index contributed by atoms with van der Waals surface area (Å²) in [5.41, 5.74) is -0.654. The Kier molecular flexibility index (Phi) is 3.29. The number of alkyl halides is 3. The second kappa shape index (κ2) is 4.85. The van der Waals surface area contributed by atoms with Crippen molar-refractivity contribution in [3.63, 3.8) is 0 Å². The van der Waals surface area contributed by atoms with Crippen molar-refractivity contribution in [1.82, 2.24) is 14.8 Å². The van der Waals surface area contributed by atoms with Crippen molar-refractivity contribution in [2.24, 2.45) is 0 Å². The van der Waals surface area contributed by atoms with Gasteiger partial charge in [-0.3, -0.25) is 0 Å². The lowest BCUT2D eigenvalue weighted by Gasteiger charge is -2.25. The van der Waals surface area contributed by atoms with Gasteiger partial charge in [-0.15, -0.1) is 5.10 Å². The molecule has 0 saturated heterocycles. The fraction of sp³-hybridized carbons (Fsp3) is 0.333. The lowest BCUT2D eigenvalue weighted by atomic mass is 10.0. The molecule has 0 saturated carbocycles. The maximum Gasteiger partial charge on any atom is 0.416 e. The van der Waals surface area contributed by atoms with E-state index in [4.69, 9.17) is 4.74 Å². The number of hydrogen-bond donors (Lipinski definition) is 0. The van der Waals surface area contributed by atoms with E-state index in [0.29, 0.717) is 23.7 Å². The van der Waals surface area contributed by atoms with Gasteiger partial charge in [0.15, 0.2) is 5.82 Å². The number of hydrogen-bond acceptors (Lipinski definition) is 3. The Hall–Kier alpha value is -1.41. The summed E-state index contributed by atoms with van der Waals surface area (Å²) in [6, 6.07) is 5.36. The molecule has 0 fully saturated rings. The van der Waals surface area contributed by atoms with Gasteiger partial charge >= 0.3 is 6.18 Å². The molecular formula is C12H9BrF3N3O. The van der Waals surface area contributed by atoms with Crippen LogP contribution in [-0.4, -0.2) is 21.4 Å². The van der Waals surface area contributed by atoms with Gasteiger partial charge in [0.05, 0.1) is 18.7 Å². The fourth-order valence-corrected chi connectivity index (χ4v) is 2.60. The van der Waals surface area contributed by atoms with E-state index in [1.54, 1.807) is 10.7 Å². The average Bonchev–Trinajstić information content (AvgIpc) is 2.77. The number of aromatic nitrogens is 3. The summed E-state index contributed by atoms with van der Waals surface area (Å²) < 4.78 is 46.6. The molecule has 0 spiro atoms. The van der Waals surface area contributed by atoms with Crippen LogP contribution in [0.2, 0.25) is 0 Å². The molecule has 1 aliphatic heterocycles. The minimum atomic E-state index is -4.43. The Morgan fingerprint density at radius 2 is 2.05 bits per heavy atom. The van der Waals surface area contributed by atoms with Crippen LogP contribution >= 0.6 is 15.9 Å². The molecule has 20 heavy (non-hydrogen) atoms. The van der Waals surface area contributed by atoms with E-state index < -0.39 is 17.8 Å². The Bertz CT molecular complexity index is 641. The summed E-state index contributed by atoms with van der Waals surface area (Å²) in [6.45, 7) is 0.762. The highest BCUT2D eigenvalue weighted by Gasteiger charge is 2.37. The van der Waals surface area contributed by atoms with Gasteiger partial charge in [-0.25, -0.2) is 9.67 Å². The van der Waals surface area contributed by atoms with Gasteiger partial charge in [-0.05, 0) is 22.0 Å². The first-order valence-corrected chi connectivity index (χ1v) is 6.64. The van der Waals surface area contributed by atoms with Crippen molar-refractivity contribution in [1.29, 1.82) is 0 Å². The van der Waals surface area contributed by atoms with Gasteiger partial charge in [0.2, 0.25) is 4.73 Å². The van der Waals surface area contributed by atoms with E-state index in [1.807, 2.05) is 0 Å². The molecule has 0 amide bonds. The number of nitrogens with zero attached hydrogens (tertiary/aromatic N) is 3. The minimum Gasteiger partial charge on any atom is -0.364 e. The van der Waals surface area contributed by atoms with Crippen molar-refractivity contribution in [3.8, 4) is 0 Å². The van der Waals surface area contributed by atoms with Crippen LogP contribution in [0.4, 0.5) is 13.2 Å². The second-order valence-corrected chi connectivity index (χ2v) is 5.01. The zero-order valence-corrected chi connectivity index (χ0v) is 11.6. The Morgan fingerprint density at radius 1 is 1.30 bits per heavy atom. The average molecular weight is 348 g/mol. The van der Waals surface area contributed by atoms with E-state index in [0.717, 1.165) is 6.07 Å². The monoisotopic (exact) mass is 347 g/mol. The summed E-state index contributed by atoms with van der Waals surface area (Å²) in [4.78, 5) is 4.11. The highest BCUT2D eigenvalue weighted by Crippen LogP contribution is 2.38. The minimum absolute atomic E-state index is 0.0563. The molecule has 106 valence electrons. The third-order valence-electron chi connectivity index (χ3n) is 3.05. The molecule has 1 aromatic heterocycles. The Labute approximate surface area is 120 Å². The predicted molar refractivity (Wildman–Crippen MR) is 67.0 cm³/mol. The number of halogens is 4. The normalized spacial score (nSPS) is 18.9. The molecule has 1 aliphatic rings. The third kappa shape index (κ3) is 2.33. The molecule has 4 nitrogen and oxygen atoms in total. The van der Waals surface area contributed by atoms with Crippen molar-refractivity contribution >= 4 is 15.9 Å². The van der Waals surface area contributed by atoms with Gasteiger partial charge in [0, 0.05) is 5.56 Å². The molecule has 0 radical (unpaired) electrons. The topological polar surface area (TPSA) is 39.9 Å². The number of benzene rings is 1. The first-order chi connectivity index (χ1) is 9.47. The summed E-state index contributed by atoms with van der Waals surface area (Å²) in [5, 5.41) is 4.08. The molecule has 3 rings (SSSR count). The second-order valence-electron chi connectivity index (χ2n) is 4.30. The standard InChI is InChI=1S/C12H9BrF3N3O/c13-11-17-10-9(20-6-5-19(10)18-11)7-3-1-2-4-8(7)12(14,15)16/h1-4,9H,5-6H2. The third-order valence-corrected chi connectivity index (χ3v) is 3.38. The number of rotatable bonds is 1. The maximum atomic E-state index is 13.1. The van der Waals surface area contributed by atoms with Crippen molar-refractivity contribution in [2.75, 3.05) is 6.61 Å². The summed E-state index contributed by atoms with van der Waals surface area (Å²) in [5.74, 6) is 0.375. The fourth-order valence-electron chi connectivity index (χ4n) is 2.23.